The van der Waals surface area contributed by atoms with Crippen molar-refractivity contribution in [2.45, 2.75) is 20.5 Å². The molecule has 0 amide bonds. The van der Waals surface area contributed by atoms with Crippen LogP contribution in [0.3, 0.4) is 0 Å². The average Bonchev–Trinajstić information content (AvgIpc) is 3.45. The van der Waals surface area contributed by atoms with Gasteiger partial charge in [0.05, 0.1) is 23.4 Å². The van der Waals surface area contributed by atoms with Crippen molar-refractivity contribution in [2.75, 3.05) is 0 Å². The van der Waals surface area contributed by atoms with E-state index < -0.39 is 0 Å². The number of hydrogen-bond acceptors (Lipinski definition) is 6. The molecular weight excluding hydrogens is 432 g/mol. The highest BCUT2D eigenvalue weighted by molar-refractivity contribution is 5.99. The fraction of sp³-hybridized carbons (Fsp3) is 0.160. The normalized spacial score (nSPS) is 10.7. The Hall–Kier alpha value is -4.53. The number of fused-ring (bicyclic) bond motifs is 1. The highest BCUT2D eigenvalue weighted by Gasteiger charge is 2.15. The van der Waals surface area contributed by atoms with Crippen LogP contribution in [0.15, 0.2) is 77.7 Å². The van der Waals surface area contributed by atoms with Gasteiger partial charge < -0.3 is 4.74 Å². The Morgan fingerprint density at radius 3 is 2.53 bits per heavy atom. The van der Waals surface area contributed by atoms with Crippen LogP contribution in [0.2, 0.25) is 0 Å². The number of benzene rings is 2. The zero-order chi connectivity index (χ0) is 22.8. The summed E-state index contributed by atoms with van der Waals surface area (Å²) in [6.45, 7) is 0.0210. The van der Waals surface area contributed by atoms with Gasteiger partial charge in [-0.3, -0.25) is 19.4 Å². The van der Waals surface area contributed by atoms with Gasteiger partial charge in [0, 0.05) is 24.9 Å². The van der Waals surface area contributed by atoms with Crippen molar-refractivity contribution < 1.29 is 9.53 Å². The lowest BCUT2D eigenvalue weighted by atomic mass is 10.1. The minimum absolute atomic E-state index is 0. The van der Waals surface area contributed by atoms with E-state index in [1.807, 2.05) is 36.4 Å². The van der Waals surface area contributed by atoms with Crippen LogP contribution in [0.1, 0.15) is 29.2 Å². The van der Waals surface area contributed by atoms with Crippen molar-refractivity contribution in [1.82, 2.24) is 29.4 Å². The Kier molecular flexibility index (Phi) is 6.35. The van der Waals surface area contributed by atoms with Crippen molar-refractivity contribution in [3.05, 3.63) is 100 Å². The summed E-state index contributed by atoms with van der Waals surface area (Å²) < 4.78 is 8.83. The Morgan fingerprint density at radius 2 is 1.76 bits per heavy atom. The monoisotopic (exact) mass is 456 g/mol. The molecular formula is C25H24N6O3. The highest BCUT2D eigenvalue weighted by atomic mass is 16.5. The van der Waals surface area contributed by atoms with Crippen LogP contribution in [-0.4, -0.2) is 35.1 Å². The summed E-state index contributed by atoms with van der Waals surface area (Å²) in [5.74, 6) is 1.11. The molecule has 0 aliphatic rings. The number of ether oxygens (including phenoxy) is 1. The van der Waals surface area contributed by atoms with Crippen molar-refractivity contribution in [1.29, 1.82) is 0 Å². The number of aromatic nitrogens is 6. The van der Waals surface area contributed by atoms with Gasteiger partial charge in [-0.1, -0.05) is 49.9 Å². The third-order valence-corrected chi connectivity index (χ3v) is 5.10. The molecule has 2 aromatic carbocycles. The summed E-state index contributed by atoms with van der Waals surface area (Å²) in [7, 11) is 1.81. The van der Waals surface area contributed by atoms with E-state index in [9.17, 15) is 9.59 Å². The molecule has 0 atom stereocenters. The molecule has 0 radical (unpaired) electrons. The van der Waals surface area contributed by atoms with Gasteiger partial charge in [0.15, 0.2) is 11.6 Å². The third kappa shape index (κ3) is 4.63. The number of nitrogens with one attached hydrogen (secondary N) is 1. The second kappa shape index (κ2) is 9.53. The molecule has 5 aromatic rings. The van der Waals surface area contributed by atoms with Crippen molar-refractivity contribution >= 4 is 11.6 Å². The van der Waals surface area contributed by atoms with Crippen LogP contribution in [-0.2, 0) is 20.1 Å². The van der Waals surface area contributed by atoms with Crippen LogP contribution in [0.25, 0.3) is 17.2 Å². The molecule has 0 saturated carbocycles. The lowest BCUT2D eigenvalue weighted by Gasteiger charge is -2.10. The van der Waals surface area contributed by atoms with E-state index in [0.29, 0.717) is 28.5 Å². The first kappa shape index (κ1) is 22.7. The second-order valence-corrected chi connectivity index (χ2v) is 7.52. The standard InChI is InChI=1S/C24H20N6O3.CH4/c1-29-12-11-17(27-29)13-20(31)19-9-5-6-10-21(19)33-15-18-14-22(32)30-24(25-18)26-23(28-30)16-7-3-2-4-8-16;/h2-12,14H,13,15H2,1H3,(H,25,26,28);1H4. The van der Waals surface area contributed by atoms with Gasteiger partial charge in [-0.15, -0.1) is 0 Å². The molecule has 0 saturated heterocycles. The van der Waals surface area contributed by atoms with E-state index in [0.717, 1.165) is 5.56 Å². The lowest BCUT2D eigenvalue weighted by Crippen LogP contribution is -2.17. The number of para-hydroxylation sites is 1. The highest BCUT2D eigenvalue weighted by Crippen LogP contribution is 2.21. The molecule has 0 fully saturated rings. The Bertz CT molecular complexity index is 1500. The zero-order valence-corrected chi connectivity index (χ0v) is 17.8. The topological polar surface area (TPSA) is 107 Å². The smallest absolute Gasteiger partial charge is 0.274 e. The minimum atomic E-state index is -0.298. The number of rotatable bonds is 7. The van der Waals surface area contributed by atoms with Crippen molar-refractivity contribution in [3.8, 4) is 17.1 Å². The van der Waals surface area contributed by atoms with Gasteiger partial charge >= 0.3 is 0 Å². The number of nitrogens with zero attached hydrogens (tertiary/aromatic N) is 5. The fourth-order valence-electron chi connectivity index (χ4n) is 3.52. The Labute approximate surface area is 195 Å². The van der Waals surface area contributed by atoms with Crippen LogP contribution in [0.5, 0.6) is 5.75 Å². The minimum Gasteiger partial charge on any atom is -0.487 e. The summed E-state index contributed by atoms with van der Waals surface area (Å²) in [4.78, 5) is 34.3. The van der Waals surface area contributed by atoms with Gasteiger partial charge in [-0.25, -0.2) is 4.98 Å². The number of aryl methyl sites for hydroxylation is 1. The molecule has 0 unspecified atom stereocenters. The lowest BCUT2D eigenvalue weighted by molar-refractivity contribution is 0.0987. The predicted molar refractivity (Wildman–Crippen MR) is 128 cm³/mol. The fourth-order valence-corrected chi connectivity index (χ4v) is 3.52. The van der Waals surface area contributed by atoms with E-state index in [-0.39, 0.29) is 37.6 Å². The zero-order valence-electron chi connectivity index (χ0n) is 17.8. The molecule has 0 spiro atoms. The van der Waals surface area contributed by atoms with Crippen LogP contribution in [0.4, 0.5) is 0 Å². The number of aromatic amines is 1. The van der Waals surface area contributed by atoms with E-state index in [4.69, 9.17) is 4.74 Å². The first-order valence-corrected chi connectivity index (χ1v) is 10.3. The largest absolute Gasteiger partial charge is 0.487 e. The number of carbonyl (C=O) groups excluding carboxylic acids is 1. The molecule has 0 aliphatic carbocycles. The van der Waals surface area contributed by atoms with E-state index in [2.05, 4.69) is 20.2 Å². The van der Waals surface area contributed by atoms with Crippen LogP contribution < -0.4 is 10.3 Å². The summed E-state index contributed by atoms with van der Waals surface area (Å²) in [6, 6.07) is 19.7. The second-order valence-electron chi connectivity index (χ2n) is 7.52. The molecule has 5 rings (SSSR count). The maximum absolute atomic E-state index is 12.8. The van der Waals surface area contributed by atoms with Crippen LogP contribution in [0, 0.1) is 0 Å². The summed E-state index contributed by atoms with van der Waals surface area (Å²) in [5.41, 5.74) is 2.10. The maximum Gasteiger partial charge on any atom is 0.274 e. The summed E-state index contributed by atoms with van der Waals surface area (Å²) in [5, 5.41) is 7.23. The Balaban J connectivity index is 0.00000274. The van der Waals surface area contributed by atoms with Gasteiger partial charge in [0.25, 0.3) is 11.3 Å². The van der Waals surface area contributed by atoms with Crippen LogP contribution >= 0.6 is 0 Å². The number of ketones is 1. The number of hydrogen-bond donors (Lipinski definition) is 1. The number of H-pyrrole nitrogens is 1. The molecule has 0 bridgehead atoms. The molecule has 0 aliphatic heterocycles. The van der Waals surface area contributed by atoms with Gasteiger partial charge in [-0.2, -0.15) is 14.6 Å². The number of carbonyl (C=O) groups is 1. The molecule has 9 nitrogen and oxygen atoms in total. The van der Waals surface area contributed by atoms with Crippen molar-refractivity contribution in [3.63, 3.8) is 0 Å². The molecule has 9 heteroatoms. The third-order valence-electron chi connectivity index (χ3n) is 5.10. The average molecular weight is 457 g/mol. The van der Waals surface area contributed by atoms with E-state index >= 15 is 0 Å². The maximum atomic E-state index is 12.8. The SMILES string of the molecule is C.Cn1ccc(CC(=O)c2ccccc2OCc2cc(=O)n3[nH]c(-c4ccccc4)nc3n2)n1. The molecule has 172 valence electrons. The molecule has 1 N–H and O–H groups in total. The molecule has 34 heavy (non-hydrogen) atoms. The predicted octanol–water partition coefficient (Wildman–Crippen LogP) is 3.46. The Morgan fingerprint density at radius 1 is 1.00 bits per heavy atom. The summed E-state index contributed by atoms with van der Waals surface area (Å²) in [6.07, 6.45) is 1.96. The quantitative estimate of drug-likeness (QED) is 0.376. The summed E-state index contributed by atoms with van der Waals surface area (Å²) >= 11 is 0. The number of Topliss-reactive ketones (excluding diaryl/α,β-unsaturated/α-hetero) is 1. The van der Waals surface area contributed by atoms with Gasteiger partial charge in [0.1, 0.15) is 12.4 Å². The van der Waals surface area contributed by atoms with E-state index in [1.165, 1.54) is 10.6 Å². The van der Waals surface area contributed by atoms with E-state index in [1.54, 1.807) is 42.2 Å². The van der Waals surface area contributed by atoms with Gasteiger partial charge in [-0.05, 0) is 18.2 Å². The molecule has 3 aromatic heterocycles. The van der Waals surface area contributed by atoms with Crippen molar-refractivity contribution in [2.24, 2.45) is 7.05 Å². The first-order valence-electron chi connectivity index (χ1n) is 10.3. The molecule has 3 heterocycles. The first-order chi connectivity index (χ1) is 16.1. The van der Waals surface area contributed by atoms with Gasteiger partial charge in [0.2, 0.25) is 0 Å².